The zero-order chi connectivity index (χ0) is 10.8. The number of nitrogens with one attached hydrogen (secondary N) is 1. The van der Waals surface area contributed by atoms with Crippen LogP contribution in [0.1, 0.15) is 19.9 Å². The van der Waals surface area contributed by atoms with E-state index in [1.54, 1.807) is 12.4 Å². The minimum atomic E-state index is 0.256. The molecule has 0 saturated carbocycles. The predicted molar refractivity (Wildman–Crippen MR) is 58.8 cm³/mol. The molecular formula is C9H11N5S. The van der Waals surface area contributed by atoms with E-state index in [1.165, 1.54) is 6.33 Å². The predicted octanol–water partition coefficient (Wildman–Crippen LogP) is 1.98. The SMILES string of the molecule is CC(C)n1c(-c2cncnc2)n[nH]c1=S. The van der Waals surface area contributed by atoms with Crippen LogP contribution in [0, 0.1) is 4.77 Å². The maximum absolute atomic E-state index is 5.15. The first-order chi connectivity index (χ1) is 7.20. The lowest BCUT2D eigenvalue weighted by atomic mass is 10.3. The molecule has 2 heterocycles. The van der Waals surface area contributed by atoms with E-state index in [0.29, 0.717) is 4.77 Å². The number of H-pyrrole nitrogens is 1. The van der Waals surface area contributed by atoms with Crippen LogP contribution < -0.4 is 0 Å². The highest BCUT2D eigenvalue weighted by Crippen LogP contribution is 2.18. The van der Waals surface area contributed by atoms with Crippen molar-refractivity contribution in [3.8, 4) is 11.4 Å². The minimum Gasteiger partial charge on any atom is -0.298 e. The van der Waals surface area contributed by atoms with E-state index in [0.717, 1.165) is 11.4 Å². The largest absolute Gasteiger partial charge is 0.298 e. The van der Waals surface area contributed by atoms with Crippen LogP contribution in [0.15, 0.2) is 18.7 Å². The average Bonchev–Trinajstić information content (AvgIpc) is 2.61. The summed E-state index contributed by atoms with van der Waals surface area (Å²) in [5.74, 6) is 0.774. The number of aromatic nitrogens is 5. The Morgan fingerprint density at radius 3 is 2.60 bits per heavy atom. The van der Waals surface area contributed by atoms with Gasteiger partial charge in [0.15, 0.2) is 10.6 Å². The van der Waals surface area contributed by atoms with Crippen LogP contribution in [0.4, 0.5) is 0 Å². The molecule has 6 heteroatoms. The lowest BCUT2D eigenvalue weighted by Crippen LogP contribution is -2.03. The minimum absolute atomic E-state index is 0.256. The number of aromatic amines is 1. The monoisotopic (exact) mass is 221 g/mol. The van der Waals surface area contributed by atoms with Gasteiger partial charge in [-0.1, -0.05) is 0 Å². The van der Waals surface area contributed by atoms with Crippen molar-refractivity contribution >= 4 is 12.2 Å². The van der Waals surface area contributed by atoms with Gasteiger partial charge in [0.25, 0.3) is 0 Å². The molecule has 0 aliphatic carbocycles. The Balaban J connectivity index is 2.59. The molecule has 0 spiro atoms. The third-order valence-electron chi connectivity index (χ3n) is 2.04. The Labute approximate surface area is 92.2 Å². The van der Waals surface area contributed by atoms with Gasteiger partial charge in [0.2, 0.25) is 0 Å². The van der Waals surface area contributed by atoms with Gasteiger partial charge in [-0.3, -0.25) is 9.67 Å². The third kappa shape index (κ3) is 1.80. The molecule has 1 N–H and O–H groups in total. The summed E-state index contributed by atoms with van der Waals surface area (Å²) in [5.41, 5.74) is 0.860. The topological polar surface area (TPSA) is 59.4 Å². The van der Waals surface area contributed by atoms with Crippen LogP contribution in [0.2, 0.25) is 0 Å². The van der Waals surface area contributed by atoms with Crippen molar-refractivity contribution < 1.29 is 0 Å². The van der Waals surface area contributed by atoms with E-state index in [9.17, 15) is 0 Å². The van der Waals surface area contributed by atoms with Crippen molar-refractivity contribution in [1.29, 1.82) is 0 Å². The smallest absolute Gasteiger partial charge is 0.195 e. The van der Waals surface area contributed by atoms with Gasteiger partial charge < -0.3 is 0 Å². The van der Waals surface area contributed by atoms with Gasteiger partial charge in [0.05, 0.1) is 5.56 Å². The van der Waals surface area contributed by atoms with Gasteiger partial charge in [-0.05, 0) is 26.1 Å². The molecule has 2 aromatic rings. The number of rotatable bonds is 2. The first kappa shape index (κ1) is 9.97. The standard InChI is InChI=1S/C9H11N5S/c1-6(2)14-8(12-13-9(14)15)7-3-10-5-11-4-7/h3-6H,1-2H3,(H,13,15). The Kier molecular flexibility index (Phi) is 2.59. The molecule has 5 nitrogen and oxygen atoms in total. The number of hydrogen-bond acceptors (Lipinski definition) is 4. The van der Waals surface area contributed by atoms with Gasteiger partial charge in [0, 0.05) is 18.4 Å². The fraction of sp³-hybridized carbons (Fsp3) is 0.333. The van der Waals surface area contributed by atoms with Crippen molar-refractivity contribution in [3.05, 3.63) is 23.5 Å². The highest BCUT2D eigenvalue weighted by atomic mass is 32.1. The van der Waals surface area contributed by atoms with E-state index in [1.807, 2.05) is 4.57 Å². The zero-order valence-corrected chi connectivity index (χ0v) is 9.32. The van der Waals surface area contributed by atoms with Crippen LogP contribution in [-0.4, -0.2) is 24.7 Å². The van der Waals surface area contributed by atoms with E-state index in [-0.39, 0.29) is 6.04 Å². The molecule has 0 aromatic carbocycles. The maximum Gasteiger partial charge on any atom is 0.195 e. The van der Waals surface area contributed by atoms with E-state index in [4.69, 9.17) is 12.2 Å². The molecule has 0 amide bonds. The highest BCUT2D eigenvalue weighted by molar-refractivity contribution is 7.71. The summed E-state index contributed by atoms with van der Waals surface area (Å²) in [6.45, 7) is 4.11. The summed E-state index contributed by atoms with van der Waals surface area (Å²) in [5, 5.41) is 6.95. The Hall–Kier alpha value is -1.56. The van der Waals surface area contributed by atoms with Gasteiger partial charge >= 0.3 is 0 Å². The first-order valence-electron chi connectivity index (χ1n) is 4.62. The Bertz CT molecular complexity index is 499. The van der Waals surface area contributed by atoms with Crippen LogP contribution in [0.3, 0.4) is 0 Å². The molecule has 2 rings (SSSR count). The van der Waals surface area contributed by atoms with E-state index in [2.05, 4.69) is 34.0 Å². The van der Waals surface area contributed by atoms with Gasteiger partial charge in [-0.2, -0.15) is 5.10 Å². The van der Waals surface area contributed by atoms with Crippen LogP contribution >= 0.6 is 12.2 Å². The molecule has 2 aromatic heterocycles. The fourth-order valence-electron chi connectivity index (χ4n) is 1.40. The van der Waals surface area contributed by atoms with Crippen LogP contribution in [0.25, 0.3) is 11.4 Å². The molecule has 78 valence electrons. The molecule has 0 bridgehead atoms. The van der Waals surface area contributed by atoms with Crippen molar-refractivity contribution in [2.24, 2.45) is 0 Å². The Morgan fingerprint density at radius 1 is 1.33 bits per heavy atom. The fourth-order valence-corrected chi connectivity index (χ4v) is 1.74. The lowest BCUT2D eigenvalue weighted by Gasteiger charge is -2.09. The van der Waals surface area contributed by atoms with E-state index < -0.39 is 0 Å². The molecule has 0 atom stereocenters. The summed E-state index contributed by atoms with van der Waals surface area (Å²) in [6, 6.07) is 0.256. The quantitative estimate of drug-likeness (QED) is 0.788. The first-order valence-corrected chi connectivity index (χ1v) is 5.03. The van der Waals surface area contributed by atoms with Crippen LogP contribution in [0.5, 0.6) is 0 Å². The van der Waals surface area contributed by atoms with Crippen LogP contribution in [-0.2, 0) is 0 Å². The summed E-state index contributed by atoms with van der Waals surface area (Å²) in [7, 11) is 0. The number of hydrogen-bond donors (Lipinski definition) is 1. The lowest BCUT2D eigenvalue weighted by molar-refractivity contribution is 0.596. The molecule has 0 fully saturated rings. The summed E-state index contributed by atoms with van der Waals surface area (Å²) in [6.07, 6.45) is 4.93. The summed E-state index contributed by atoms with van der Waals surface area (Å²) in [4.78, 5) is 7.92. The maximum atomic E-state index is 5.15. The van der Waals surface area contributed by atoms with Gasteiger partial charge in [-0.25, -0.2) is 9.97 Å². The Morgan fingerprint density at radius 2 is 2.00 bits per heavy atom. The van der Waals surface area contributed by atoms with Crippen molar-refractivity contribution in [2.75, 3.05) is 0 Å². The molecule has 0 aliphatic heterocycles. The van der Waals surface area contributed by atoms with Gasteiger partial charge in [-0.15, -0.1) is 0 Å². The third-order valence-corrected chi connectivity index (χ3v) is 2.33. The average molecular weight is 221 g/mol. The molecule has 0 unspecified atom stereocenters. The van der Waals surface area contributed by atoms with Crippen molar-refractivity contribution in [3.63, 3.8) is 0 Å². The molecule has 0 aliphatic rings. The second-order valence-corrected chi connectivity index (χ2v) is 3.83. The van der Waals surface area contributed by atoms with E-state index >= 15 is 0 Å². The molecule has 0 saturated heterocycles. The molecular weight excluding hydrogens is 210 g/mol. The summed E-state index contributed by atoms with van der Waals surface area (Å²) < 4.78 is 2.55. The molecule has 0 radical (unpaired) electrons. The second-order valence-electron chi connectivity index (χ2n) is 3.44. The highest BCUT2D eigenvalue weighted by Gasteiger charge is 2.11. The van der Waals surface area contributed by atoms with Crippen molar-refractivity contribution in [2.45, 2.75) is 19.9 Å². The summed E-state index contributed by atoms with van der Waals surface area (Å²) >= 11 is 5.15. The van der Waals surface area contributed by atoms with Gasteiger partial charge in [0.1, 0.15) is 6.33 Å². The number of nitrogens with zero attached hydrogens (tertiary/aromatic N) is 4. The zero-order valence-electron chi connectivity index (χ0n) is 8.51. The molecule has 15 heavy (non-hydrogen) atoms. The normalized spacial score (nSPS) is 10.9. The van der Waals surface area contributed by atoms with Crippen molar-refractivity contribution in [1.82, 2.24) is 24.7 Å². The second kappa shape index (κ2) is 3.90.